The summed E-state index contributed by atoms with van der Waals surface area (Å²) in [5.74, 6) is -15.1. The molecule has 2 aromatic carbocycles. The number of carbonyl (C=O) groups excluding carboxylic acids is 12. The number of aromatic hydroxyl groups is 2. The number of phenols is 2. The zero-order valence-electron chi connectivity index (χ0n) is 59.4. The van der Waals surface area contributed by atoms with Gasteiger partial charge in [0, 0.05) is 30.0 Å². The number of phenolic OH excluding ortho intramolecular Hbond substituents is 2. The minimum Gasteiger partial charge on any atom is -0.508 e. The summed E-state index contributed by atoms with van der Waals surface area (Å²) in [6.07, 6.45) is -3.55. The van der Waals surface area contributed by atoms with Crippen LogP contribution in [-0.2, 0) is 75.2 Å². The largest absolute Gasteiger partial charge is 0.508 e. The van der Waals surface area contributed by atoms with E-state index < -0.39 is 178 Å². The maximum absolute atomic E-state index is 14.3. The molecule has 0 aliphatic carbocycles. The van der Waals surface area contributed by atoms with Gasteiger partial charge in [0.05, 0.1) is 18.6 Å². The number of carbonyl (C=O) groups is 13. The molecule has 0 heterocycles. The van der Waals surface area contributed by atoms with Gasteiger partial charge in [-0.05, 0) is 153 Å². The molecule has 13 atom stereocenters. The maximum atomic E-state index is 14.3. The first-order valence-electron chi connectivity index (χ1n) is 34.0. The number of benzene rings is 2. The minimum absolute atomic E-state index is 0.00188. The lowest BCUT2D eigenvalue weighted by atomic mass is 9.99. The molecule has 592 valence electrons. The molecule has 42 heteroatoms. The molecule has 106 heavy (non-hydrogen) atoms. The summed E-state index contributed by atoms with van der Waals surface area (Å²) in [6.45, 7) is 3.45. The van der Waals surface area contributed by atoms with E-state index in [0.717, 1.165) is 6.92 Å². The number of aliphatic carboxylic acids is 1. The average molecular weight is 1530 g/mol. The quantitative estimate of drug-likeness (QED) is 0.0127. The molecule has 0 saturated carbocycles. The number of unbranched alkanes of at least 4 members (excludes halogenated alkanes) is 1. The lowest BCUT2D eigenvalue weighted by Crippen LogP contribution is -2.63. The fourth-order valence-corrected chi connectivity index (χ4v) is 10.6. The van der Waals surface area contributed by atoms with Gasteiger partial charge < -0.3 is 135 Å². The number of rotatable bonds is 50. The molecule has 2 rings (SSSR count). The predicted molar refractivity (Wildman–Crippen MR) is 395 cm³/mol. The topological polar surface area (TPSA) is 715 Å². The second-order valence-corrected chi connectivity index (χ2v) is 26.9. The Hall–Kier alpha value is -9.85. The van der Waals surface area contributed by atoms with Crippen LogP contribution in [0.15, 0.2) is 48.5 Å². The van der Waals surface area contributed by atoms with Gasteiger partial charge in [-0.3, -0.25) is 68.4 Å². The third-order valence-corrected chi connectivity index (χ3v) is 16.6. The highest BCUT2D eigenvalue weighted by Gasteiger charge is 2.40. The molecule has 12 amide bonds. The van der Waals surface area contributed by atoms with Crippen molar-refractivity contribution in [2.45, 2.75) is 188 Å². The highest BCUT2D eigenvalue weighted by Crippen LogP contribution is 2.20. The van der Waals surface area contributed by atoms with Gasteiger partial charge in [0.15, 0.2) is 11.9 Å². The number of hydrogen-bond donors (Lipinski definition) is 29. The van der Waals surface area contributed by atoms with E-state index in [4.69, 9.17) is 56.7 Å². The van der Waals surface area contributed by atoms with Gasteiger partial charge in [-0.15, -0.1) is 0 Å². The minimum atomic E-state index is -1.90. The number of primary amides is 1. The molecular formula is C64H107N23O17S2. The van der Waals surface area contributed by atoms with Crippen molar-refractivity contribution >= 4 is 114 Å². The van der Waals surface area contributed by atoms with Crippen LogP contribution in [0.2, 0.25) is 0 Å². The number of carboxylic acids is 1. The molecule has 0 unspecified atom stereocenters. The van der Waals surface area contributed by atoms with Gasteiger partial charge in [-0.1, -0.05) is 24.3 Å². The Bertz CT molecular complexity index is 3280. The number of amides is 12. The number of thiol groups is 2. The number of nitrogens with one attached hydrogen (secondary N) is 15. The van der Waals surface area contributed by atoms with E-state index >= 15 is 0 Å². The SMILES string of the molecule is C[C@@H](O)[C@H](NC(=O)[C@H](CCN)NC(=O)[C@H](CCCNC(=N)N)NC(=O)[C@H](CC(N)=O)NC(=O)[C@@H](NC(=O)[C@@H](N)Cc1ccc(O)cc1)C(C)(C)S)C(=O)N[C@H](CCN)C(=O)N[C@@H](CCCCN)C(=O)N[C@@H](CS)C(=O)N[C@@H](CCN)C(=O)N[C@@H](CCCNC(=N)N)C(=O)N[C@@H](Cc1ccc(O)cc1)C(=O)O. The van der Waals surface area contributed by atoms with Crippen LogP contribution < -0.4 is 115 Å². The number of aliphatic hydroxyl groups is 1. The molecule has 0 aromatic heterocycles. The summed E-state index contributed by atoms with van der Waals surface area (Å²) in [5.41, 5.74) is 46.9. The molecule has 0 spiro atoms. The Balaban J connectivity index is 2.39. The lowest BCUT2D eigenvalue weighted by Gasteiger charge is -2.32. The summed E-state index contributed by atoms with van der Waals surface area (Å²) >= 11 is 8.74. The van der Waals surface area contributed by atoms with Crippen molar-refractivity contribution in [3.05, 3.63) is 59.7 Å². The number of guanidine groups is 2. The fraction of sp³-hybridized carbons (Fsp3) is 0.578. The zero-order chi connectivity index (χ0) is 80.0. The van der Waals surface area contributed by atoms with Crippen molar-refractivity contribution in [3.8, 4) is 11.5 Å². The Morgan fingerprint density at radius 3 is 1.14 bits per heavy atom. The van der Waals surface area contributed by atoms with Crippen LogP contribution in [0.25, 0.3) is 0 Å². The van der Waals surface area contributed by atoms with Crippen LogP contribution in [-0.4, -0.2) is 238 Å². The van der Waals surface area contributed by atoms with Crippen molar-refractivity contribution in [3.63, 3.8) is 0 Å². The normalized spacial score (nSPS) is 14.9. The third-order valence-electron chi connectivity index (χ3n) is 16.0. The molecule has 40 nitrogen and oxygen atoms in total. The molecule has 0 radical (unpaired) electrons. The Labute approximate surface area is 623 Å². The van der Waals surface area contributed by atoms with Gasteiger partial charge in [0.25, 0.3) is 0 Å². The lowest BCUT2D eigenvalue weighted by molar-refractivity contribution is -0.142. The Morgan fingerprint density at radius 1 is 0.443 bits per heavy atom. The fourth-order valence-electron chi connectivity index (χ4n) is 10.2. The highest BCUT2D eigenvalue weighted by molar-refractivity contribution is 7.81. The Morgan fingerprint density at radius 2 is 0.783 bits per heavy atom. The second-order valence-electron chi connectivity index (χ2n) is 25.4. The van der Waals surface area contributed by atoms with E-state index in [0.29, 0.717) is 17.5 Å². The van der Waals surface area contributed by atoms with Crippen LogP contribution in [0.3, 0.4) is 0 Å². The van der Waals surface area contributed by atoms with Gasteiger partial charge in [-0.25, -0.2) is 4.79 Å². The maximum Gasteiger partial charge on any atom is 0.326 e. The first-order chi connectivity index (χ1) is 49.9. The average Bonchev–Trinajstić information content (AvgIpc) is 0.835. The monoisotopic (exact) mass is 1530 g/mol. The molecule has 0 bridgehead atoms. The van der Waals surface area contributed by atoms with Gasteiger partial charge in [-0.2, -0.15) is 25.3 Å². The summed E-state index contributed by atoms with van der Waals surface area (Å²) in [6, 6.07) is -7.32. The van der Waals surface area contributed by atoms with Crippen LogP contribution in [0.4, 0.5) is 0 Å². The number of aliphatic hydroxyl groups excluding tert-OH is 1. The van der Waals surface area contributed by atoms with Crippen molar-refractivity contribution in [2.24, 2.45) is 45.9 Å². The standard InChI is InChI=1S/C64H107N23O17S2/c1-32(88)48(86-56(98)43(21-25-68)80-51(93)39(9-6-26-75-62(71)72)79-57(99)44(30-47(70)91)83-60(102)49(64(2,3)106)87-50(92)37(69)28-33-11-15-35(89)16-12-33)59(101)82-42(20-24-67)55(97)77-38(8-4-5-22-65)53(95)85-46(31-105)58(100)81-41(19-23-66)54(96)78-40(10-7-27-76-63(73)74)52(94)84-45(61(103)104)29-34-13-17-36(90)18-14-34/h11-18,32,37-46,48-49,88-90,105-106H,4-10,19-31,65-69H2,1-3H3,(H2,70,91)(H,77,97)(H,78,96)(H,79,99)(H,80,93)(H,81,100)(H,82,101)(H,83,102)(H,84,94)(H,85,95)(H,86,98)(H,87,92)(H,103,104)(H4,71,72,75)(H4,73,74,76)/t32-,37+,38+,39+,40+,41+,42-,43+,44+,45+,46+,48+,49-/m1/s1. The zero-order valence-corrected chi connectivity index (χ0v) is 61.2. The molecular weight excluding hydrogens is 1430 g/mol. The first kappa shape index (κ1) is 92.2. The van der Waals surface area contributed by atoms with Gasteiger partial charge in [0.2, 0.25) is 70.9 Å². The summed E-state index contributed by atoms with van der Waals surface area (Å²) in [7, 11) is 0. The smallest absolute Gasteiger partial charge is 0.326 e. The van der Waals surface area contributed by atoms with Crippen molar-refractivity contribution < 1.29 is 82.8 Å². The van der Waals surface area contributed by atoms with Crippen molar-refractivity contribution in [1.82, 2.24) is 69.1 Å². The number of nitrogens with two attached hydrogens (primary N) is 8. The number of hydrogen-bond acceptors (Lipinski definition) is 25. The van der Waals surface area contributed by atoms with E-state index in [1.807, 2.05) is 0 Å². The van der Waals surface area contributed by atoms with E-state index in [2.05, 4.69) is 94.4 Å². The van der Waals surface area contributed by atoms with Gasteiger partial charge in [0.1, 0.15) is 78.0 Å². The van der Waals surface area contributed by atoms with E-state index in [9.17, 15) is 82.8 Å². The molecule has 35 N–H and O–H groups in total. The second kappa shape index (κ2) is 47.6. The molecule has 0 saturated heterocycles. The van der Waals surface area contributed by atoms with Crippen LogP contribution in [0, 0.1) is 10.8 Å². The highest BCUT2D eigenvalue weighted by atomic mass is 32.1. The third kappa shape index (κ3) is 34.4. The first-order valence-corrected chi connectivity index (χ1v) is 35.1. The Kier molecular flexibility index (Phi) is 41.4. The predicted octanol–water partition coefficient (Wildman–Crippen LogP) is -8.78. The molecule has 0 aliphatic rings. The number of carboxylic acid groups (broad SMARTS) is 1. The van der Waals surface area contributed by atoms with E-state index in [1.54, 1.807) is 0 Å². The van der Waals surface area contributed by atoms with Crippen LogP contribution >= 0.6 is 25.3 Å². The summed E-state index contributed by atoms with van der Waals surface area (Å²) in [5, 5.41) is 87.4. The van der Waals surface area contributed by atoms with Gasteiger partial charge >= 0.3 is 5.97 Å². The van der Waals surface area contributed by atoms with Crippen LogP contribution in [0.5, 0.6) is 11.5 Å². The van der Waals surface area contributed by atoms with E-state index in [1.165, 1.54) is 62.4 Å². The van der Waals surface area contributed by atoms with Crippen LogP contribution in [0.1, 0.15) is 103 Å². The van der Waals surface area contributed by atoms with Crippen molar-refractivity contribution in [1.29, 1.82) is 10.8 Å². The van der Waals surface area contributed by atoms with E-state index in [-0.39, 0.29) is 127 Å². The molecule has 0 fully saturated rings. The molecule has 0 aliphatic heterocycles. The summed E-state index contributed by atoms with van der Waals surface area (Å²) in [4.78, 5) is 179. The molecule has 2 aromatic rings. The summed E-state index contributed by atoms with van der Waals surface area (Å²) < 4.78 is -1.36. The van der Waals surface area contributed by atoms with Crippen molar-refractivity contribution in [2.75, 3.05) is 45.0 Å².